The highest BCUT2D eigenvalue weighted by molar-refractivity contribution is 7.89. The first kappa shape index (κ1) is 25.7. The average molecular weight is 534 g/mol. The second-order valence-corrected chi connectivity index (χ2v) is 11.5. The number of ether oxygens (including phenoxy) is 1. The van der Waals surface area contributed by atoms with E-state index in [9.17, 15) is 26.7 Å². The third-order valence-corrected chi connectivity index (χ3v) is 8.21. The van der Waals surface area contributed by atoms with Crippen LogP contribution >= 0.6 is 23.2 Å². The van der Waals surface area contributed by atoms with Crippen LogP contribution in [0.5, 0.6) is 11.5 Å². The maximum absolute atomic E-state index is 13.7. The van der Waals surface area contributed by atoms with Crippen molar-refractivity contribution in [3.63, 3.8) is 0 Å². The first-order chi connectivity index (χ1) is 15.4. The Kier molecular flexibility index (Phi) is 7.91. The third-order valence-electron chi connectivity index (χ3n) is 5.11. The topological polar surface area (TPSA) is 128 Å². The first-order valence-corrected chi connectivity index (χ1v) is 13.6. The Labute approximate surface area is 202 Å². The van der Waals surface area contributed by atoms with E-state index in [1.807, 2.05) is 6.92 Å². The summed E-state index contributed by atoms with van der Waals surface area (Å²) in [5.41, 5.74) is -0.585. The first-order valence-electron chi connectivity index (χ1n) is 9.82. The Morgan fingerprint density at radius 1 is 1.06 bits per heavy atom. The molecule has 33 heavy (non-hydrogen) atoms. The quantitative estimate of drug-likeness (QED) is 0.536. The van der Waals surface area contributed by atoms with Gasteiger partial charge in [-0.25, -0.2) is 8.42 Å². The molecule has 0 bridgehead atoms. The van der Waals surface area contributed by atoms with Crippen molar-refractivity contribution in [2.45, 2.75) is 17.6 Å². The van der Waals surface area contributed by atoms with Crippen molar-refractivity contribution in [1.82, 2.24) is 9.21 Å². The summed E-state index contributed by atoms with van der Waals surface area (Å²) in [6.07, 6.45) is 0. The molecule has 0 aliphatic carbocycles. The molecule has 13 heteroatoms. The monoisotopic (exact) mass is 533 g/mol. The molecule has 1 fully saturated rings. The zero-order valence-corrected chi connectivity index (χ0v) is 20.7. The lowest BCUT2D eigenvalue weighted by molar-refractivity contribution is 0.196. The van der Waals surface area contributed by atoms with Gasteiger partial charge in [0.15, 0.2) is 0 Å². The predicted octanol–water partition coefficient (Wildman–Crippen LogP) is 3.37. The average Bonchev–Trinajstić information content (AvgIpc) is 2.72. The van der Waals surface area contributed by atoms with Gasteiger partial charge < -0.3 is 9.64 Å². The Morgan fingerprint density at radius 3 is 2.18 bits per heavy atom. The summed E-state index contributed by atoms with van der Waals surface area (Å²) in [5, 5.41) is 10.00. The largest absolute Gasteiger partial charge is 0.456 e. The summed E-state index contributed by atoms with van der Waals surface area (Å²) in [6.45, 7) is 4.03. The van der Waals surface area contributed by atoms with Crippen LogP contribution in [0.2, 0.25) is 10.0 Å². The van der Waals surface area contributed by atoms with Gasteiger partial charge >= 0.3 is 0 Å². The van der Waals surface area contributed by atoms with E-state index in [-0.39, 0.29) is 45.8 Å². The van der Waals surface area contributed by atoms with Gasteiger partial charge in [0.05, 0.1) is 11.6 Å². The van der Waals surface area contributed by atoms with Crippen molar-refractivity contribution in [3.8, 4) is 17.6 Å². The summed E-state index contributed by atoms with van der Waals surface area (Å²) in [7, 11) is -8.99. The molecule has 0 atom stereocenters. The number of benzene rings is 2. The predicted molar refractivity (Wildman–Crippen MR) is 124 cm³/mol. The molecule has 0 amide bonds. The van der Waals surface area contributed by atoms with Crippen molar-refractivity contribution < 1.29 is 26.1 Å². The summed E-state index contributed by atoms with van der Waals surface area (Å²) >= 11 is 12.0. The van der Waals surface area contributed by atoms with E-state index in [4.69, 9.17) is 27.9 Å². The molecule has 0 spiro atoms. The summed E-state index contributed by atoms with van der Waals surface area (Å²) in [5.74, 6) is -1.18. The minimum Gasteiger partial charge on any atom is -0.456 e. The van der Waals surface area contributed by atoms with Gasteiger partial charge in [-0.2, -0.15) is 18.0 Å². The highest BCUT2D eigenvalue weighted by Gasteiger charge is 2.35. The molecule has 9 nitrogen and oxygen atoms in total. The molecule has 1 saturated heterocycles. The number of hydrogen-bond donors (Lipinski definition) is 1. The number of rotatable bonds is 7. The number of nitriles is 1. The van der Waals surface area contributed by atoms with Gasteiger partial charge in [-0.1, -0.05) is 30.1 Å². The van der Waals surface area contributed by atoms with Crippen LogP contribution in [-0.4, -0.2) is 63.3 Å². The van der Waals surface area contributed by atoms with Crippen LogP contribution in [0.1, 0.15) is 18.1 Å². The summed E-state index contributed by atoms with van der Waals surface area (Å²) in [4.78, 5) is 1.57. The van der Waals surface area contributed by atoms with E-state index in [0.717, 1.165) is 6.54 Å². The van der Waals surface area contributed by atoms with Crippen LogP contribution in [0.15, 0.2) is 35.2 Å². The summed E-state index contributed by atoms with van der Waals surface area (Å²) in [6, 6.07) is 8.56. The zero-order chi connectivity index (χ0) is 24.4. The number of hydrogen-bond acceptors (Lipinski definition) is 7. The van der Waals surface area contributed by atoms with Crippen molar-refractivity contribution in [2.75, 3.05) is 32.7 Å². The molecule has 0 unspecified atom stereocenters. The van der Waals surface area contributed by atoms with Crippen molar-refractivity contribution in [2.24, 2.45) is 0 Å². The highest BCUT2D eigenvalue weighted by Crippen LogP contribution is 2.38. The van der Waals surface area contributed by atoms with Crippen LogP contribution in [-0.2, 0) is 25.9 Å². The normalized spacial score (nSPS) is 15.8. The molecule has 0 saturated carbocycles. The van der Waals surface area contributed by atoms with Crippen LogP contribution in [0.25, 0.3) is 0 Å². The Balaban J connectivity index is 2.19. The number of sulfonamides is 1. The standard InChI is InChI=1S/C20H21Cl2N3O6S2/c1-2-24-5-7-25(8-6-24)33(29,30)20-18(13-32(26,27)28)14(12-23)3-4-19(20)31-17-10-15(21)9-16(22)11-17/h3-4,9-11H,2,5-8,13H2,1H3,(H,26,27,28). The van der Waals surface area contributed by atoms with Crippen molar-refractivity contribution in [1.29, 1.82) is 5.26 Å². The van der Waals surface area contributed by atoms with Crippen LogP contribution in [0.4, 0.5) is 0 Å². The molecule has 3 rings (SSSR count). The summed E-state index contributed by atoms with van der Waals surface area (Å²) < 4.78 is 67.3. The molecular weight excluding hydrogens is 513 g/mol. The molecule has 1 N–H and O–H groups in total. The molecule has 1 heterocycles. The van der Waals surface area contributed by atoms with Crippen LogP contribution in [0.3, 0.4) is 0 Å². The van der Waals surface area contributed by atoms with Crippen molar-refractivity contribution >= 4 is 43.3 Å². The van der Waals surface area contributed by atoms with E-state index >= 15 is 0 Å². The van der Waals surface area contributed by atoms with Crippen LogP contribution in [0, 0.1) is 11.3 Å². The van der Waals surface area contributed by atoms with Crippen LogP contribution < -0.4 is 4.74 Å². The molecule has 1 aliphatic heterocycles. The van der Waals surface area contributed by atoms with Crippen molar-refractivity contribution in [3.05, 3.63) is 51.5 Å². The molecule has 0 radical (unpaired) electrons. The number of halogens is 2. The fourth-order valence-electron chi connectivity index (χ4n) is 3.53. The Morgan fingerprint density at radius 2 is 1.67 bits per heavy atom. The Bertz CT molecular complexity index is 1280. The number of nitrogens with zero attached hydrogens (tertiary/aromatic N) is 3. The SMILES string of the molecule is CCN1CCN(S(=O)(=O)c2c(Oc3cc(Cl)cc(Cl)c3)ccc(C#N)c2CS(=O)(=O)O)CC1. The van der Waals surface area contributed by atoms with Gasteiger partial charge in [0.1, 0.15) is 22.1 Å². The fourth-order valence-corrected chi connectivity index (χ4v) is 6.55. The van der Waals surface area contributed by atoms with Gasteiger partial charge in [-0.3, -0.25) is 4.55 Å². The number of likely N-dealkylation sites (N-methyl/N-ethyl adjacent to an activating group) is 1. The molecular formula is C20H21Cl2N3O6S2. The van der Waals surface area contributed by atoms with Gasteiger partial charge in [0, 0.05) is 41.8 Å². The van der Waals surface area contributed by atoms with Gasteiger partial charge in [-0.15, -0.1) is 0 Å². The van der Waals surface area contributed by atoms with E-state index < -0.39 is 30.8 Å². The molecule has 0 aromatic heterocycles. The molecule has 2 aromatic carbocycles. The highest BCUT2D eigenvalue weighted by atomic mass is 35.5. The maximum Gasteiger partial charge on any atom is 0.269 e. The molecule has 1 aliphatic rings. The van der Waals surface area contributed by atoms with Gasteiger partial charge in [0.2, 0.25) is 10.0 Å². The van der Waals surface area contributed by atoms with Gasteiger partial charge in [-0.05, 0) is 36.9 Å². The smallest absolute Gasteiger partial charge is 0.269 e. The van der Waals surface area contributed by atoms with Gasteiger partial charge in [0.25, 0.3) is 10.1 Å². The lowest BCUT2D eigenvalue weighted by Crippen LogP contribution is -2.48. The lowest BCUT2D eigenvalue weighted by atomic mass is 10.1. The van der Waals surface area contributed by atoms with E-state index in [2.05, 4.69) is 4.90 Å². The maximum atomic E-state index is 13.7. The molecule has 178 valence electrons. The second kappa shape index (κ2) is 10.1. The third kappa shape index (κ3) is 6.16. The minimum atomic E-state index is -4.68. The zero-order valence-electron chi connectivity index (χ0n) is 17.5. The van der Waals surface area contributed by atoms with E-state index in [1.54, 1.807) is 6.07 Å². The number of piperazine rings is 1. The molecule has 2 aromatic rings. The lowest BCUT2D eigenvalue weighted by Gasteiger charge is -2.34. The fraction of sp³-hybridized carbons (Fsp3) is 0.350. The van der Waals surface area contributed by atoms with E-state index in [1.165, 1.54) is 34.6 Å². The van der Waals surface area contributed by atoms with E-state index in [0.29, 0.717) is 13.1 Å². The Hall–Kier alpha value is -1.91. The second-order valence-electron chi connectivity index (χ2n) is 7.30. The minimum absolute atomic E-state index is 0.113.